The summed E-state index contributed by atoms with van der Waals surface area (Å²) in [6.07, 6.45) is 1.85. The maximum Gasteiger partial charge on any atom is 0.358 e. The van der Waals surface area contributed by atoms with Gasteiger partial charge in [0.25, 0.3) is 0 Å². The highest BCUT2D eigenvalue weighted by molar-refractivity contribution is 6.30. The van der Waals surface area contributed by atoms with Gasteiger partial charge in [-0.3, -0.25) is 5.10 Å². The topological polar surface area (TPSA) is 64.2 Å². The predicted octanol–water partition coefficient (Wildman–Crippen LogP) is 3.25. The van der Waals surface area contributed by atoms with Crippen LogP contribution in [-0.4, -0.2) is 29.4 Å². The molecule has 5 nitrogen and oxygen atoms in total. The molecule has 2 rings (SSSR count). The van der Waals surface area contributed by atoms with E-state index in [9.17, 15) is 4.79 Å². The van der Waals surface area contributed by atoms with Crippen LogP contribution in [0.15, 0.2) is 30.3 Å². The molecule has 0 amide bonds. The van der Waals surface area contributed by atoms with Crippen molar-refractivity contribution in [3.05, 3.63) is 46.7 Å². The number of nitrogens with zero attached hydrogens (tertiary/aromatic N) is 1. The van der Waals surface area contributed by atoms with Crippen LogP contribution in [0.2, 0.25) is 5.02 Å². The number of carbonyl (C=O) groups excluding carboxylic acids is 1. The lowest BCUT2D eigenvalue weighted by Gasteiger charge is -2.06. The molecule has 0 aliphatic carbocycles. The van der Waals surface area contributed by atoms with Crippen molar-refractivity contribution in [2.45, 2.75) is 19.8 Å². The number of hydrogen-bond acceptors (Lipinski definition) is 4. The smallest absolute Gasteiger partial charge is 0.358 e. The third kappa shape index (κ3) is 4.79. The number of esters is 1. The second-order valence-electron chi connectivity index (χ2n) is 4.47. The minimum atomic E-state index is -0.455. The Balaban J connectivity index is 1.73. The van der Waals surface area contributed by atoms with E-state index in [1.54, 1.807) is 30.3 Å². The number of aromatic nitrogens is 2. The number of benzene rings is 1. The van der Waals surface area contributed by atoms with Crippen molar-refractivity contribution < 1.29 is 14.3 Å². The summed E-state index contributed by atoms with van der Waals surface area (Å²) in [6.45, 7) is 2.48. The maximum atomic E-state index is 11.7. The molecule has 2 aromatic rings. The lowest BCUT2D eigenvalue weighted by molar-refractivity contribution is 0.0443. The Morgan fingerprint density at radius 1 is 1.33 bits per heavy atom. The summed E-state index contributed by atoms with van der Waals surface area (Å²) < 4.78 is 10.5. The van der Waals surface area contributed by atoms with E-state index >= 15 is 0 Å². The molecule has 1 N–H and O–H groups in total. The highest BCUT2D eigenvalue weighted by atomic mass is 35.5. The van der Waals surface area contributed by atoms with Crippen molar-refractivity contribution in [1.82, 2.24) is 10.2 Å². The first-order chi connectivity index (χ1) is 10.2. The predicted molar refractivity (Wildman–Crippen MR) is 79.8 cm³/mol. The zero-order valence-electron chi connectivity index (χ0n) is 11.8. The molecule has 0 saturated heterocycles. The van der Waals surface area contributed by atoms with Gasteiger partial charge in [0.1, 0.15) is 19.0 Å². The van der Waals surface area contributed by atoms with Crippen LogP contribution in [0.5, 0.6) is 5.75 Å². The van der Waals surface area contributed by atoms with Gasteiger partial charge >= 0.3 is 5.97 Å². The molecule has 0 spiro atoms. The van der Waals surface area contributed by atoms with Gasteiger partial charge in [0.05, 0.1) is 0 Å². The van der Waals surface area contributed by atoms with Crippen LogP contribution < -0.4 is 4.74 Å². The molecular formula is C15H17ClN2O3. The largest absolute Gasteiger partial charge is 0.490 e. The number of rotatable bonds is 7. The molecule has 0 bridgehead atoms. The summed E-state index contributed by atoms with van der Waals surface area (Å²) in [5.74, 6) is 0.187. The number of halogens is 1. The lowest BCUT2D eigenvalue weighted by atomic mass is 10.2. The molecule has 0 atom stereocenters. The first kappa shape index (κ1) is 15.4. The number of ether oxygens (including phenoxy) is 2. The van der Waals surface area contributed by atoms with E-state index in [2.05, 4.69) is 17.1 Å². The molecule has 6 heteroatoms. The molecule has 0 radical (unpaired) electrons. The van der Waals surface area contributed by atoms with E-state index < -0.39 is 5.97 Å². The van der Waals surface area contributed by atoms with Crippen molar-refractivity contribution in [3.8, 4) is 5.75 Å². The Labute approximate surface area is 128 Å². The molecule has 1 aromatic heterocycles. The number of H-pyrrole nitrogens is 1. The van der Waals surface area contributed by atoms with Crippen LogP contribution in [0.1, 0.15) is 29.5 Å². The van der Waals surface area contributed by atoms with Gasteiger partial charge in [0.15, 0.2) is 5.69 Å². The number of nitrogens with one attached hydrogen (secondary N) is 1. The Bertz CT molecular complexity index is 598. The summed E-state index contributed by atoms with van der Waals surface area (Å²) in [4.78, 5) is 11.7. The van der Waals surface area contributed by atoms with E-state index in [0.717, 1.165) is 18.5 Å². The molecule has 0 unspecified atom stereocenters. The van der Waals surface area contributed by atoms with Crippen LogP contribution in [0, 0.1) is 0 Å². The van der Waals surface area contributed by atoms with Gasteiger partial charge in [0, 0.05) is 10.7 Å². The fraction of sp³-hybridized carbons (Fsp3) is 0.333. The van der Waals surface area contributed by atoms with E-state index in [-0.39, 0.29) is 13.2 Å². The molecule has 112 valence electrons. The summed E-state index contributed by atoms with van der Waals surface area (Å²) in [7, 11) is 0. The van der Waals surface area contributed by atoms with Gasteiger partial charge in [-0.05, 0) is 30.7 Å². The van der Waals surface area contributed by atoms with E-state index in [4.69, 9.17) is 21.1 Å². The van der Waals surface area contributed by atoms with E-state index in [0.29, 0.717) is 16.5 Å². The highest BCUT2D eigenvalue weighted by Gasteiger charge is 2.11. The zero-order valence-corrected chi connectivity index (χ0v) is 12.5. The molecular weight excluding hydrogens is 292 g/mol. The fourth-order valence-corrected chi connectivity index (χ4v) is 1.97. The van der Waals surface area contributed by atoms with E-state index in [1.165, 1.54) is 0 Å². The molecule has 1 aromatic carbocycles. The average molecular weight is 309 g/mol. The van der Waals surface area contributed by atoms with Crippen LogP contribution in [-0.2, 0) is 11.2 Å². The number of carbonyl (C=O) groups is 1. The molecule has 0 saturated carbocycles. The van der Waals surface area contributed by atoms with Crippen LogP contribution in [0.3, 0.4) is 0 Å². The standard InChI is InChI=1S/C15H17ClN2O3/c1-2-4-12-10-14(18-17-12)15(19)21-8-7-20-13-6-3-5-11(16)9-13/h3,5-6,9-10H,2,4,7-8H2,1H3,(H,17,18). The minimum Gasteiger partial charge on any atom is -0.490 e. The summed E-state index contributed by atoms with van der Waals surface area (Å²) >= 11 is 5.84. The average Bonchev–Trinajstić information content (AvgIpc) is 2.93. The first-order valence-electron chi connectivity index (χ1n) is 6.79. The van der Waals surface area contributed by atoms with Crippen molar-refractivity contribution in [1.29, 1.82) is 0 Å². The monoisotopic (exact) mass is 308 g/mol. The molecule has 0 fully saturated rings. The van der Waals surface area contributed by atoms with Crippen molar-refractivity contribution in [2.24, 2.45) is 0 Å². The van der Waals surface area contributed by atoms with Crippen LogP contribution in [0.25, 0.3) is 0 Å². The molecule has 21 heavy (non-hydrogen) atoms. The number of hydrogen-bond donors (Lipinski definition) is 1. The Kier molecular flexibility index (Phi) is 5.63. The minimum absolute atomic E-state index is 0.154. The van der Waals surface area contributed by atoms with Gasteiger partial charge in [-0.15, -0.1) is 0 Å². The van der Waals surface area contributed by atoms with Crippen molar-refractivity contribution in [2.75, 3.05) is 13.2 Å². The quantitative estimate of drug-likeness (QED) is 0.630. The third-order valence-electron chi connectivity index (χ3n) is 2.74. The normalized spacial score (nSPS) is 10.4. The second kappa shape index (κ2) is 7.69. The van der Waals surface area contributed by atoms with Gasteiger partial charge < -0.3 is 9.47 Å². The Morgan fingerprint density at radius 2 is 2.19 bits per heavy atom. The van der Waals surface area contributed by atoms with Gasteiger partial charge in [-0.1, -0.05) is 31.0 Å². The van der Waals surface area contributed by atoms with E-state index in [1.807, 2.05) is 0 Å². The molecule has 0 aliphatic rings. The zero-order chi connectivity index (χ0) is 15.1. The second-order valence-corrected chi connectivity index (χ2v) is 4.91. The fourth-order valence-electron chi connectivity index (χ4n) is 1.79. The summed E-state index contributed by atoms with van der Waals surface area (Å²) in [6, 6.07) is 8.76. The summed E-state index contributed by atoms with van der Waals surface area (Å²) in [5, 5.41) is 7.34. The van der Waals surface area contributed by atoms with Crippen LogP contribution >= 0.6 is 11.6 Å². The number of aryl methyl sites for hydroxylation is 1. The van der Waals surface area contributed by atoms with Crippen molar-refractivity contribution in [3.63, 3.8) is 0 Å². The Morgan fingerprint density at radius 3 is 2.95 bits per heavy atom. The van der Waals surface area contributed by atoms with Gasteiger partial charge in [-0.25, -0.2) is 4.79 Å². The highest BCUT2D eigenvalue weighted by Crippen LogP contribution is 2.16. The Hall–Kier alpha value is -2.01. The molecule has 0 aliphatic heterocycles. The maximum absolute atomic E-state index is 11.7. The van der Waals surface area contributed by atoms with Gasteiger partial charge in [0.2, 0.25) is 0 Å². The first-order valence-corrected chi connectivity index (χ1v) is 7.16. The molecule has 1 heterocycles. The van der Waals surface area contributed by atoms with Crippen molar-refractivity contribution >= 4 is 17.6 Å². The third-order valence-corrected chi connectivity index (χ3v) is 2.98. The van der Waals surface area contributed by atoms with Crippen LogP contribution in [0.4, 0.5) is 0 Å². The number of aromatic amines is 1. The van der Waals surface area contributed by atoms with Gasteiger partial charge in [-0.2, -0.15) is 5.10 Å². The SMILES string of the molecule is CCCc1cc(C(=O)OCCOc2cccc(Cl)c2)n[nH]1. The summed E-state index contributed by atoms with van der Waals surface area (Å²) in [5.41, 5.74) is 1.22. The lowest BCUT2D eigenvalue weighted by Crippen LogP contribution is -2.12.